The summed E-state index contributed by atoms with van der Waals surface area (Å²) in [5.41, 5.74) is -0.368. The molecule has 2 rings (SSSR count). The first-order chi connectivity index (χ1) is 7.87. The molecule has 5 heteroatoms. The van der Waals surface area contributed by atoms with E-state index in [9.17, 15) is 14.7 Å². The van der Waals surface area contributed by atoms with Crippen LogP contribution in [0.5, 0.6) is 0 Å². The maximum Gasteiger partial charge on any atom is 0.348 e. The predicted octanol–water partition coefficient (Wildman–Crippen LogP) is 1.07. The maximum atomic E-state index is 11.9. The lowest BCUT2D eigenvalue weighted by Crippen LogP contribution is -2.48. The molecular weight excluding hydrogens is 220 g/mol. The van der Waals surface area contributed by atoms with E-state index >= 15 is 0 Å². The van der Waals surface area contributed by atoms with Gasteiger partial charge in [-0.3, -0.25) is 4.57 Å². The zero-order valence-electron chi connectivity index (χ0n) is 10.2. The van der Waals surface area contributed by atoms with Gasteiger partial charge in [-0.1, -0.05) is 0 Å². The van der Waals surface area contributed by atoms with Gasteiger partial charge in [-0.25, -0.2) is 9.59 Å². The van der Waals surface area contributed by atoms with Gasteiger partial charge in [-0.2, -0.15) is 4.98 Å². The molecule has 5 nitrogen and oxygen atoms in total. The normalized spacial score (nSPS) is 18.8. The van der Waals surface area contributed by atoms with Gasteiger partial charge >= 0.3 is 11.7 Å². The van der Waals surface area contributed by atoms with Crippen molar-refractivity contribution in [2.45, 2.75) is 39.2 Å². The first-order valence-electron chi connectivity index (χ1n) is 5.68. The van der Waals surface area contributed by atoms with Gasteiger partial charge < -0.3 is 5.11 Å². The van der Waals surface area contributed by atoms with E-state index in [-0.39, 0.29) is 5.92 Å². The number of carboxylic acids is 1. The molecule has 1 atom stereocenters. The van der Waals surface area contributed by atoms with E-state index in [1.165, 1.54) is 4.57 Å². The lowest BCUT2D eigenvalue weighted by atomic mass is 9.95. The molecule has 0 spiro atoms. The second-order valence-electron chi connectivity index (χ2n) is 4.88. The van der Waals surface area contributed by atoms with E-state index in [0.717, 1.165) is 12.8 Å². The van der Waals surface area contributed by atoms with Gasteiger partial charge in [0.05, 0.1) is 0 Å². The number of hydrogen-bond donors (Lipinski definition) is 1. The fraction of sp³-hybridized carbons (Fsp3) is 0.583. The van der Waals surface area contributed by atoms with Gasteiger partial charge in [0, 0.05) is 11.4 Å². The van der Waals surface area contributed by atoms with Crippen LogP contribution < -0.4 is 5.69 Å². The van der Waals surface area contributed by atoms with Crippen molar-refractivity contribution in [3.8, 4) is 0 Å². The second-order valence-corrected chi connectivity index (χ2v) is 4.88. The summed E-state index contributed by atoms with van der Waals surface area (Å²) in [6.45, 7) is 5.09. The summed E-state index contributed by atoms with van der Waals surface area (Å²) in [5, 5.41) is 9.43. The van der Waals surface area contributed by atoms with Gasteiger partial charge in [0.15, 0.2) is 0 Å². The number of rotatable bonds is 3. The molecule has 0 bridgehead atoms. The van der Waals surface area contributed by atoms with Crippen LogP contribution in [0.4, 0.5) is 0 Å². The average Bonchev–Trinajstić information content (AvgIpc) is 2.97. The minimum Gasteiger partial charge on any atom is -0.479 e. The molecule has 0 radical (unpaired) electrons. The molecule has 1 aliphatic carbocycles. The molecule has 1 aliphatic rings. The van der Waals surface area contributed by atoms with Crippen LogP contribution >= 0.6 is 0 Å². The fourth-order valence-electron chi connectivity index (χ4n) is 2.41. The highest BCUT2D eigenvalue weighted by Gasteiger charge is 2.50. The van der Waals surface area contributed by atoms with Crippen molar-refractivity contribution in [3.63, 3.8) is 0 Å². The highest BCUT2D eigenvalue weighted by Crippen LogP contribution is 2.44. The number of nitrogens with zero attached hydrogens (tertiary/aromatic N) is 2. The minimum absolute atomic E-state index is 0.0286. The number of carboxylic acid groups (broad SMARTS) is 1. The first kappa shape index (κ1) is 11.8. The van der Waals surface area contributed by atoms with Crippen LogP contribution in [0, 0.1) is 19.8 Å². The minimum atomic E-state index is -1.16. The molecule has 1 N–H and O–H groups in total. The summed E-state index contributed by atoms with van der Waals surface area (Å²) in [4.78, 5) is 27.3. The van der Waals surface area contributed by atoms with Crippen molar-refractivity contribution in [2.24, 2.45) is 5.92 Å². The van der Waals surface area contributed by atoms with Crippen molar-refractivity contribution in [2.75, 3.05) is 0 Å². The summed E-state index contributed by atoms with van der Waals surface area (Å²) in [5.74, 6) is -0.934. The number of carbonyl (C=O) groups is 1. The molecule has 1 unspecified atom stereocenters. The third kappa shape index (κ3) is 1.75. The summed E-state index contributed by atoms with van der Waals surface area (Å²) >= 11 is 0. The van der Waals surface area contributed by atoms with E-state index in [2.05, 4.69) is 4.98 Å². The Bertz CT molecular complexity index is 531. The third-order valence-corrected chi connectivity index (χ3v) is 3.50. The maximum absolute atomic E-state index is 11.9. The van der Waals surface area contributed by atoms with Gasteiger partial charge in [0.2, 0.25) is 0 Å². The highest BCUT2D eigenvalue weighted by molar-refractivity contribution is 5.77. The monoisotopic (exact) mass is 236 g/mol. The molecule has 92 valence electrons. The van der Waals surface area contributed by atoms with Crippen molar-refractivity contribution >= 4 is 5.97 Å². The molecule has 0 amide bonds. The quantitative estimate of drug-likeness (QED) is 0.852. The van der Waals surface area contributed by atoms with Gasteiger partial charge in [0.1, 0.15) is 5.54 Å². The molecule has 1 fully saturated rings. The summed E-state index contributed by atoms with van der Waals surface area (Å²) in [6, 6.07) is 1.74. The van der Waals surface area contributed by atoms with Crippen LogP contribution in [-0.4, -0.2) is 20.6 Å². The number of hydrogen-bond acceptors (Lipinski definition) is 3. The third-order valence-electron chi connectivity index (χ3n) is 3.50. The molecule has 1 saturated carbocycles. The van der Waals surface area contributed by atoms with Crippen molar-refractivity contribution in [3.05, 3.63) is 27.9 Å². The summed E-state index contributed by atoms with van der Waals surface area (Å²) in [7, 11) is 0. The zero-order valence-corrected chi connectivity index (χ0v) is 10.2. The molecule has 0 saturated heterocycles. The van der Waals surface area contributed by atoms with Gasteiger partial charge in [-0.15, -0.1) is 0 Å². The Kier molecular flexibility index (Phi) is 2.56. The van der Waals surface area contributed by atoms with Crippen molar-refractivity contribution < 1.29 is 9.90 Å². The number of aromatic nitrogens is 2. The molecule has 17 heavy (non-hydrogen) atoms. The summed E-state index contributed by atoms with van der Waals surface area (Å²) in [6.07, 6.45) is 1.70. The van der Waals surface area contributed by atoms with E-state index < -0.39 is 17.2 Å². The van der Waals surface area contributed by atoms with Crippen LogP contribution in [0.3, 0.4) is 0 Å². The van der Waals surface area contributed by atoms with Crippen molar-refractivity contribution in [1.29, 1.82) is 0 Å². The standard InChI is InChI=1S/C12H16N2O3/c1-7-6-8(2)14(11(17)13-7)12(3,10(15)16)9-4-5-9/h6,9H,4-5H2,1-3H3,(H,15,16). The molecule has 1 heterocycles. The highest BCUT2D eigenvalue weighted by atomic mass is 16.4. The van der Waals surface area contributed by atoms with E-state index in [0.29, 0.717) is 11.4 Å². The summed E-state index contributed by atoms with van der Waals surface area (Å²) < 4.78 is 1.32. The fourth-order valence-corrected chi connectivity index (χ4v) is 2.41. The predicted molar refractivity (Wildman–Crippen MR) is 62.0 cm³/mol. The number of aryl methyl sites for hydroxylation is 2. The van der Waals surface area contributed by atoms with Gasteiger partial charge in [0.25, 0.3) is 0 Å². The molecule has 0 aromatic carbocycles. The van der Waals surface area contributed by atoms with Crippen LogP contribution in [-0.2, 0) is 10.3 Å². The van der Waals surface area contributed by atoms with Crippen LogP contribution in [0.15, 0.2) is 10.9 Å². The molecule has 0 aliphatic heterocycles. The van der Waals surface area contributed by atoms with Crippen LogP contribution in [0.2, 0.25) is 0 Å². The number of aliphatic carboxylic acids is 1. The SMILES string of the molecule is Cc1cc(C)n(C(C)(C(=O)O)C2CC2)c(=O)n1. The zero-order chi connectivity index (χ0) is 12.8. The Morgan fingerprint density at radius 3 is 2.53 bits per heavy atom. The van der Waals surface area contributed by atoms with E-state index in [4.69, 9.17) is 0 Å². The Labute approximate surface area is 99.1 Å². The largest absolute Gasteiger partial charge is 0.479 e. The average molecular weight is 236 g/mol. The van der Waals surface area contributed by atoms with Crippen LogP contribution in [0.1, 0.15) is 31.2 Å². The van der Waals surface area contributed by atoms with E-state index in [1.54, 1.807) is 26.8 Å². The van der Waals surface area contributed by atoms with Crippen molar-refractivity contribution in [1.82, 2.24) is 9.55 Å². The Hall–Kier alpha value is -1.65. The van der Waals surface area contributed by atoms with Crippen LogP contribution in [0.25, 0.3) is 0 Å². The molecule has 1 aromatic rings. The second kappa shape index (κ2) is 3.68. The topological polar surface area (TPSA) is 72.2 Å². The van der Waals surface area contributed by atoms with E-state index in [1.807, 2.05) is 0 Å². The molecule has 1 aromatic heterocycles. The lowest BCUT2D eigenvalue weighted by Gasteiger charge is -2.28. The Morgan fingerprint density at radius 2 is 2.12 bits per heavy atom. The smallest absolute Gasteiger partial charge is 0.348 e. The first-order valence-corrected chi connectivity index (χ1v) is 5.68. The van der Waals surface area contributed by atoms with Gasteiger partial charge in [-0.05, 0) is 45.6 Å². The lowest BCUT2D eigenvalue weighted by molar-refractivity contribution is -0.148. The molecular formula is C12H16N2O3. The Balaban J connectivity index is 2.66. The Morgan fingerprint density at radius 1 is 1.53 bits per heavy atom.